The highest BCUT2D eigenvalue weighted by atomic mass is 35.5. The van der Waals surface area contributed by atoms with Crippen molar-refractivity contribution in [2.45, 2.75) is 76.7 Å². The molecular weight excluding hydrogens is 567 g/mol. The highest BCUT2D eigenvalue weighted by molar-refractivity contribution is 6.42. The average molecular weight is 610 g/mol. The summed E-state index contributed by atoms with van der Waals surface area (Å²) in [4.78, 5) is 34.3. The van der Waals surface area contributed by atoms with Crippen molar-refractivity contribution in [3.63, 3.8) is 0 Å². The van der Waals surface area contributed by atoms with Crippen molar-refractivity contribution in [3.8, 4) is 0 Å². The van der Waals surface area contributed by atoms with Crippen LogP contribution in [0.1, 0.15) is 50.7 Å². The molecular formula is C31H43Cl3N4O2. The zero-order valence-electron chi connectivity index (χ0n) is 24.0. The maximum absolute atomic E-state index is 14.2. The standard InChI is InChI=1S/C31H42Cl2N4O2.ClH/c1-21(2)16-28(30(38)34-19-23-11-13-26(32)27(33)17-23)36-15-14-24(12-10-22-8-6-5-7-9-22)37-20-25(35(3)4)18-29(37)31(36)39;/h5-9,11,13,17,21,24-25,28-29H,10,12,14-16,18-20H2,1-4H3,(H,34,38);1H/t24?,25-,28-,29+;/m1./s1. The average Bonchev–Trinajstić information content (AvgIpc) is 3.31. The van der Waals surface area contributed by atoms with E-state index in [1.165, 1.54) is 5.56 Å². The van der Waals surface area contributed by atoms with Gasteiger partial charge >= 0.3 is 0 Å². The molecule has 2 aliphatic rings. The fourth-order valence-corrected chi connectivity index (χ4v) is 6.31. The lowest BCUT2D eigenvalue weighted by molar-refractivity contribution is -0.143. The summed E-state index contributed by atoms with van der Waals surface area (Å²) in [6.07, 6.45) is 4.26. The molecule has 9 heteroatoms. The summed E-state index contributed by atoms with van der Waals surface area (Å²) in [6.45, 7) is 6.02. The van der Waals surface area contributed by atoms with Crippen LogP contribution in [0.2, 0.25) is 10.0 Å². The fourth-order valence-electron chi connectivity index (χ4n) is 5.99. The van der Waals surface area contributed by atoms with Crippen molar-refractivity contribution in [2.75, 3.05) is 27.2 Å². The van der Waals surface area contributed by atoms with Crippen LogP contribution in [0.15, 0.2) is 48.5 Å². The molecule has 6 nitrogen and oxygen atoms in total. The molecule has 40 heavy (non-hydrogen) atoms. The molecule has 0 spiro atoms. The summed E-state index contributed by atoms with van der Waals surface area (Å²) < 4.78 is 0. The lowest BCUT2D eigenvalue weighted by Gasteiger charge is -2.33. The molecule has 1 unspecified atom stereocenters. The number of carbonyl (C=O) groups is 2. The Morgan fingerprint density at radius 2 is 1.80 bits per heavy atom. The van der Waals surface area contributed by atoms with E-state index in [9.17, 15) is 9.59 Å². The summed E-state index contributed by atoms with van der Waals surface area (Å²) in [7, 11) is 4.19. The van der Waals surface area contributed by atoms with Gasteiger partial charge in [-0.3, -0.25) is 14.5 Å². The predicted octanol–water partition coefficient (Wildman–Crippen LogP) is 5.68. The van der Waals surface area contributed by atoms with Crippen LogP contribution in [-0.4, -0.2) is 77.9 Å². The first-order valence-corrected chi connectivity index (χ1v) is 14.9. The van der Waals surface area contributed by atoms with E-state index in [4.69, 9.17) is 23.2 Å². The number of aryl methyl sites for hydroxylation is 1. The third kappa shape index (κ3) is 8.13. The van der Waals surface area contributed by atoms with Crippen LogP contribution < -0.4 is 5.32 Å². The number of hydrogen-bond donors (Lipinski definition) is 1. The Morgan fingerprint density at radius 1 is 1.07 bits per heavy atom. The van der Waals surface area contributed by atoms with Crippen LogP contribution in [-0.2, 0) is 22.6 Å². The van der Waals surface area contributed by atoms with Crippen LogP contribution >= 0.6 is 35.6 Å². The molecule has 1 N–H and O–H groups in total. The van der Waals surface area contributed by atoms with Crippen molar-refractivity contribution in [3.05, 3.63) is 69.7 Å². The summed E-state index contributed by atoms with van der Waals surface area (Å²) in [5.41, 5.74) is 2.20. The molecule has 2 saturated heterocycles. The van der Waals surface area contributed by atoms with E-state index in [2.05, 4.69) is 67.3 Å². The molecule has 2 aromatic carbocycles. The van der Waals surface area contributed by atoms with Crippen LogP contribution in [0.5, 0.6) is 0 Å². The van der Waals surface area contributed by atoms with Gasteiger partial charge in [0.2, 0.25) is 11.8 Å². The molecule has 2 aliphatic heterocycles. The number of benzene rings is 2. The molecule has 4 atom stereocenters. The molecule has 0 saturated carbocycles. The van der Waals surface area contributed by atoms with Crippen molar-refractivity contribution >= 4 is 47.4 Å². The molecule has 0 bridgehead atoms. The fraction of sp³-hybridized carbons (Fsp3) is 0.548. The van der Waals surface area contributed by atoms with E-state index >= 15 is 0 Å². The van der Waals surface area contributed by atoms with Crippen molar-refractivity contribution < 1.29 is 9.59 Å². The van der Waals surface area contributed by atoms with Crippen molar-refractivity contribution in [1.29, 1.82) is 0 Å². The smallest absolute Gasteiger partial charge is 0.243 e. The number of rotatable bonds is 10. The van der Waals surface area contributed by atoms with E-state index in [1.54, 1.807) is 12.1 Å². The molecule has 2 amide bonds. The first-order chi connectivity index (χ1) is 18.6. The molecule has 0 aliphatic carbocycles. The van der Waals surface area contributed by atoms with Gasteiger partial charge < -0.3 is 15.1 Å². The number of nitrogens with zero attached hydrogens (tertiary/aromatic N) is 3. The minimum Gasteiger partial charge on any atom is -0.350 e. The van der Waals surface area contributed by atoms with Gasteiger partial charge in [0, 0.05) is 31.7 Å². The van der Waals surface area contributed by atoms with Gasteiger partial charge in [-0.05, 0) is 75.4 Å². The van der Waals surface area contributed by atoms with Gasteiger partial charge in [0.15, 0.2) is 0 Å². The Bertz CT molecular complexity index is 1130. The maximum Gasteiger partial charge on any atom is 0.243 e. The van der Waals surface area contributed by atoms with E-state index in [-0.39, 0.29) is 36.2 Å². The molecule has 2 heterocycles. The Morgan fingerprint density at radius 3 is 2.45 bits per heavy atom. The van der Waals surface area contributed by atoms with Gasteiger partial charge in [0.1, 0.15) is 6.04 Å². The SMILES string of the molecule is CC(C)C[C@H](C(=O)NCc1ccc(Cl)c(Cl)c1)N1CCC(CCc2ccccc2)N2C[C@H](N(C)C)C[C@H]2C1=O.Cl. The second kappa shape index (κ2) is 14.9. The second-order valence-electron chi connectivity index (χ2n) is 11.7. The van der Waals surface area contributed by atoms with Crippen LogP contribution in [0.25, 0.3) is 0 Å². The third-order valence-electron chi connectivity index (χ3n) is 8.22. The monoisotopic (exact) mass is 608 g/mol. The highest BCUT2D eigenvalue weighted by Gasteiger charge is 2.46. The molecule has 0 aromatic heterocycles. The summed E-state index contributed by atoms with van der Waals surface area (Å²) in [6, 6.07) is 15.9. The zero-order chi connectivity index (χ0) is 28.1. The van der Waals surface area contributed by atoms with Gasteiger partial charge in [0.05, 0.1) is 16.1 Å². The van der Waals surface area contributed by atoms with Crippen LogP contribution in [0.3, 0.4) is 0 Å². The normalized spacial score (nSPS) is 22.1. The molecule has 220 valence electrons. The van der Waals surface area contributed by atoms with E-state index in [0.717, 1.165) is 37.8 Å². The van der Waals surface area contributed by atoms with Crippen LogP contribution in [0.4, 0.5) is 0 Å². The lowest BCUT2D eigenvalue weighted by atomic mass is 9.99. The summed E-state index contributed by atoms with van der Waals surface area (Å²) in [5.74, 6) is 0.251. The molecule has 0 radical (unpaired) electrons. The number of amides is 2. The second-order valence-corrected chi connectivity index (χ2v) is 12.5. The van der Waals surface area contributed by atoms with E-state index in [0.29, 0.717) is 41.6 Å². The first kappa shape index (κ1) is 32.7. The Balaban J connectivity index is 0.00000441. The van der Waals surface area contributed by atoms with Gasteiger partial charge in [-0.1, -0.05) is 73.4 Å². The number of hydrogen-bond acceptors (Lipinski definition) is 4. The highest BCUT2D eigenvalue weighted by Crippen LogP contribution is 2.32. The first-order valence-electron chi connectivity index (χ1n) is 14.1. The Labute approximate surface area is 255 Å². The lowest BCUT2D eigenvalue weighted by Crippen LogP contribution is -2.53. The zero-order valence-corrected chi connectivity index (χ0v) is 26.3. The Kier molecular flexibility index (Phi) is 12.2. The summed E-state index contributed by atoms with van der Waals surface area (Å²) >= 11 is 12.2. The van der Waals surface area contributed by atoms with Gasteiger partial charge in [-0.25, -0.2) is 0 Å². The minimum atomic E-state index is -0.506. The number of halogens is 3. The van der Waals surface area contributed by atoms with Gasteiger partial charge in [-0.2, -0.15) is 0 Å². The van der Waals surface area contributed by atoms with Gasteiger partial charge in [0.25, 0.3) is 0 Å². The number of nitrogens with one attached hydrogen (secondary N) is 1. The topological polar surface area (TPSA) is 55.9 Å². The predicted molar refractivity (Wildman–Crippen MR) is 166 cm³/mol. The molecule has 2 aromatic rings. The number of likely N-dealkylation sites (N-methyl/N-ethyl adjacent to an activating group) is 1. The molecule has 4 rings (SSSR count). The number of fused-ring (bicyclic) bond motifs is 1. The van der Waals surface area contributed by atoms with Crippen molar-refractivity contribution in [1.82, 2.24) is 20.0 Å². The minimum absolute atomic E-state index is 0. The Hall–Kier alpha value is -1.83. The van der Waals surface area contributed by atoms with Crippen LogP contribution in [0, 0.1) is 5.92 Å². The summed E-state index contributed by atoms with van der Waals surface area (Å²) in [5, 5.41) is 4.02. The third-order valence-corrected chi connectivity index (χ3v) is 8.96. The quantitative estimate of drug-likeness (QED) is 0.376. The number of carbonyl (C=O) groups excluding carboxylic acids is 2. The van der Waals surface area contributed by atoms with Crippen molar-refractivity contribution in [2.24, 2.45) is 5.92 Å². The largest absolute Gasteiger partial charge is 0.350 e. The van der Waals surface area contributed by atoms with E-state index in [1.807, 2.05) is 17.0 Å². The van der Waals surface area contributed by atoms with E-state index < -0.39 is 6.04 Å². The molecule has 2 fully saturated rings. The van der Waals surface area contributed by atoms with Gasteiger partial charge in [-0.15, -0.1) is 12.4 Å². The maximum atomic E-state index is 14.2.